The van der Waals surface area contributed by atoms with E-state index in [1.807, 2.05) is 0 Å². The van der Waals surface area contributed by atoms with Crippen LogP contribution < -0.4 is 5.32 Å². The highest BCUT2D eigenvalue weighted by molar-refractivity contribution is 7.88. The summed E-state index contributed by atoms with van der Waals surface area (Å²) in [5, 5.41) is 3.41. The van der Waals surface area contributed by atoms with Crippen molar-refractivity contribution in [3.63, 3.8) is 0 Å². The normalized spacial score (nSPS) is 28.9. The Hall–Kier alpha value is -0.170. The minimum Gasteiger partial charge on any atom is -0.378 e. The van der Waals surface area contributed by atoms with Crippen molar-refractivity contribution in [2.24, 2.45) is 5.92 Å². The van der Waals surface area contributed by atoms with Gasteiger partial charge in [0.2, 0.25) is 10.0 Å². The molecule has 2 heterocycles. The second kappa shape index (κ2) is 5.00. The van der Waals surface area contributed by atoms with Crippen LogP contribution in [0.4, 0.5) is 0 Å². The molecule has 94 valence electrons. The fourth-order valence-corrected chi connectivity index (χ4v) is 3.12. The molecule has 0 saturated carbocycles. The van der Waals surface area contributed by atoms with Gasteiger partial charge in [-0.15, -0.1) is 0 Å². The van der Waals surface area contributed by atoms with Crippen LogP contribution in [-0.2, 0) is 14.8 Å². The largest absolute Gasteiger partial charge is 0.378 e. The van der Waals surface area contributed by atoms with Gasteiger partial charge in [0.1, 0.15) is 0 Å². The minimum atomic E-state index is -3.01. The second-order valence-electron chi connectivity index (χ2n) is 4.77. The zero-order valence-corrected chi connectivity index (χ0v) is 10.5. The van der Waals surface area contributed by atoms with Crippen LogP contribution in [0.5, 0.6) is 0 Å². The van der Waals surface area contributed by atoms with Crippen LogP contribution in [0.3, 0.4) is 0 Å². The van der Waals surface area contributed by atoms with Gasteiger partial charge in [0, 0.05) is 13.1 Å². The van der Waals surface area contributed by atoms with Crippen LogP contribution in [0, 0.1) is 5.92 Å². The lowest BCUT2D eigenvalue weighted by atomic mass is 9.99. The van der Waals surface area contributed by atoms with E-state index < -0.39 is 10.0 Å². The summed E-state index contributed by atoms with van der Waals surface area (Å²) >= 11 is 0. The third-order valence-electron chi connectivity index (χ3n) is 3.28. The van der Waals surface area contributed by atoms with Crippen molar-refractivity contribution in [2.45, 2.75) is 18.9 Å². The lowest BCUT2D eigenvalue weighted by Crippen LogP contribution is -2.50. The third kappa shape index (κ3) is 3.16. The number of nitrogens with zero attached hydrogens (tertiary/aromatic N) is 1. The topological polar surface area (TPSA) is 58.6 Å². The molecule has 0 radical (unpaired) electrons. The molecule has 0 aliphatic carbocycles. The predicted octanol–water partition coefficient (Wildman–Crippen LogP) is -0.354. The van der Waals surface area contributed by atoms with Gasteiger partial charge in [0.05, 0.1) is 25.5 Å². The Kier molecular flexibility index (Phi) is 3.84. The van der Waals surface area contributed by atoms with Gasteiger partial charge in [0.15, 0.2) is 0 Å². The Morgan fingerprint density at radius 1 is 1.44 bits per heavy atom. The summed E-state index contributed by atoms with van der Waals surface area (Å²) in [4.78, 5) is 0. The third-order valence-corrected chi connectivity index (χ3v) is 4.55. The van der Waals surface area contributed by atoms with Gasteiger partial charge in [0.25, 0.3) is 0 Å². The minimum absolute atomic E-state index is 0.448. The molecule has 16 heavy (non-hydrogen) atoms. The van der Waals surface area contributed by atoms with Crippen LogP contribution in [0.1, 0.15) is 12.8 Å². The summed E-state index contributed by atoms with van der Waals surface area (Å²) in [6.45, 7) is 3.84. The van der Waals surface area contributed by atoms with Crippen LogP contribution >= 0.6 is 0 Å². The van der Waals surface area contributed by atoms with Gasteiger partial charge in [-0.05, 0) is 25.3 Å². The van der Waals surface area contributed by atoms with Crippen molar-refractivity contribution in [3.8, 4) is 0 Å². The van der Waals surface area contributed by atoms with Gasteiger partial charge >= 0.3 is 0 Å². The van der Waals surface area contributed by atoms with Gasteiger partial charge in [-0.2, -0.15) is 0 Å². The number of sulfonamides is 1. The van der Waals surface area contributed by atoms with Crippen molar-refractivity contribution >= 4 is 10.0 Å². The van der Waals surface area contributed by atoms with E-state index in [2.05, 4.69) is 5.32 Å². The molecule has 0 bridgehead atoms. The standard InChI is InChI=1S/C10H20N2O3S/c1-16(13,14)12-4-2-3-9(6-12)5-11-10-7-15-8-10/h9-11H,2-8H2,1H3. The van der Waals surface area contributed by atoms with Gasteiger partial charge < -0.3 is 10.1 Å². The van der Waals surface area contributed by atoms with Crippen molar-refractivity contribution in [1.29, 1.82) is 0 Å². The molecular formula is C10H20N2O3S. The van der Waals surface area contributed by atoms with Crippen LogP contribution in [0.15, 0.2) is 0 Å². The Labute approximate surface area is 97.2 Å². The molecule has 2 aliphatic heterocycles. The number of ether oxygens (including phenoxy) is 1. The van der Waals surface area contributed by atoms with E-state index >= 15 is 0 Å². The van der Waals surface area contributed by atoms with E-state index in [9.17, 15) is 8.42 Å². The second-order valence-corrected chi connectivity index (χ2v) is 6.75. The van der Waals surface area contributed by atoms with Crippen molar-refractivity contribution in [3.05, 3.63) is 0 Å². The molecule has 0 aromatic carbocycles. The zero-order valence-electron chi connectivity index (χ0n) is 9.68. The average Bonchev–Trinajstić information content (AvgIpc) is 2.14. The molecule has 0 aromatic rings. The summed E-state index contributed by atoms with van der Waals surface area (Å²) < 4.78 is 29.5. The molecular weight excluding hydrogens is 228 g/mol. The van der Waals surface area contributed by atoms with E-state index in [0.29, 0.717) is 25.0 Å². The maximum Gasteiger partial charge on any atom is 0.211 e. The fraction of sp³-hybridized carbons (Fsp3) is 1.00. The van der Waals surface area contributed by atoms with Crippen molar-refractivity contribution < 1.29 is 13.2 Å². The fourth-order valence-electron chi connectivity index (χ4n) is 2.18. The molecule has 0 amide bonds. The number of nitrogens with one attached hydrogen (secondary N) is 1. The molecule has 2 fully saturated rings. The van der Waals surface area contributed by atoms with Gasteiger partial charge in [-0.1, -0.05) is 0 Å². The number of piperidine rings is 1. The molecule has 1 unspecified atom stereocenters. The van der Waals surface area contributed by atoms with E-state index in [4.69, 9.17) is 4.74 Å². The van der Waals surface area contributed by atoms with E-state index in [1.54, 1.807) is 4.31 Å². The highest BCUT2D eigenvalue weighted by atomic mass is 32.2. The smallest absolute Gasteiger partial charge is 0.211 e. The summed E-state index contributed by atoms with van der Waals surface area (Å²) in [7, 11) is -3.01. The SMILES string of the molecule is CS(=O)(=O)N1CCCC(CNC2COC2)C1. The summed E-state index contributed by atoms with van der Waals surface area (Å²) in [5.41, 5.74) is 0. The summed E-state index contributed by atoms with van der Waals surface area (Å²) in [5.74, 6) is 0.448. The molecule has 0 aromatic heterocycles. The average molecular weight is 248 g/mol. The maximum absolute atomic E-state index is 11.4. The predicted molar refractivity (Wildman–Crippen MR) is 61.8 cm³/mol. The first kappa shape index (κ1) is 12.3. The first-order chi connectivity index (χ1) is 7.55. The van der Waals surface area contributed by atoms with Crippen molar-refractivity contribution in [2.75, 3.05) is 39.1 Å². The highest BCUT2D eigenvalue weighted by Crippen LogP contribution is 2.18. The van der Waals surface area contributed by atoms with Crippen LogP contribution in [0.2, 0.25) is 0 Å². The Morgan fingerprint density at radius 3 is 2.75 bits per heavy atom. The zero-order chi connectivity index (χ0) is 11.6. The molecule has 0 spiro atoms. The van der Waals surface area contributed by atoms with E-state index in [0.717, 1.165) is 32.6 Å². The van der Waals surface area contributed by atoms with Crippen LogP contribution in [-0.4, -0.2) is 57.9 Å². The first-order valence-electron chi connectivity index (χ1n) is 5.82. The number of hydrogen-bond donors (Lipinski definition) is 1. The molecule has 5 nitrogen and oxygen atoms in total. The lowest BCUT2D eigenvalue weighted by Gasteiger charge is -2.33. The molecule has 6 heteroatoms. The van der Waals surface area contributed by atoms with E-state index in [1.165, 1.54) is 6.26 Å². The monoisotopic (exact) mass is 248 g/mol. The molecule has 2 rings (SSSR count). The molecule has 2 saturated heterocycles. The van der Waals surface area contributed by atoms with E-state index in [-0.39, 0.29) is 0 Å². The maximum atomic E-state index is 11.4. The number of hydrogen-bond acceptors (Lipinski definition) is 4. The lowest BCUT2D eigenvalue weighted by molar-refractivity contribution is -0.00726. The Bertz CT molecular complexity index is 327. The quantitative estimate of drug-likeness (QED) is 0.738. The molecule has 1 N–H and O–H groups in total. The highest BCUT2D eigenvalue weighted by Gasteiger charge is 2.27. The van der Waals surface area contributed by atoms with Gasteiger partial charge in [-0.3, -0.25) is 0 Å². The van der Waals surface area contributed by atoms with Crippen LogP contribution in [0.25, 0.3) is 0 Å². The summed E-state index contributed by atoms with van der Waals surface area (Å²) in [6.07, 6.45) is 3.38. The Morgan fingerprint density at radius 2 is 2.19 bits per heavy atom. The molecule has 1 atom stereocenters. The summed E-state index contributed by atoms with van der Waals surface area (Å²) in [6, 6.07) is 0.480. The first-order valence-corrected chi connectivity index (χ1v) is 7.67. The molecule has 2 aliphatic rings. The van der Waals surface area contributed by atoms with Crippen molar-refractivity contribution in [1.82, 2.24) is 9.62 Å². The van der Waals surface area contributed by atoms with Gasteiger partial charge in [-0.25, -0.2) is 12.7 Å². The number of rotatable bonds is 4. The Balaban J connectivity index is 1.77.